The maximum absolute atomic E-state index is 6.68. The molecule has 0 aliphatic heterocycles. The van der Waals surface area contributed by atoms with E-state index in [1.807, 2.05) is 0 Å². The van der Waals surface area contributed by atoms with Crippen LogP contribution in [-0.4, -0.2) is 0 Å². The summed E-state index contributed by atoms with van der Waals surface area (Å²) >= 11 is 14.5. The van der Waals surface area contributed by atoms with Crippen molar-refractivity contribution in [2.45, 2.75) is 56.7 Å². The number of benzene rings is 4. The Labute approximate surface area is 282 Å². The Morgan fingerprint density at radius 3 is 1.69 bits per heavy atom. The van der Waals surface area contributed by atoms with Gasteiger partial charge in [0.2, 0.25) is 0 Å². The Kier molecular flexibility index (Phi) is 8.37. The molecule has 4 aliphatic carbocycles. The smallest absolute Gasteiger partial charge is 0.123 e. The molecule has 8 rings (SSSR count). The second-order valence-corrected chi connectivity index (χ2v) is 16.1. The van der Waals surface area contributed by atoms with Crippen molar-refractivity contribution in [3.8, 4) is 11.5 Å². The molecular weight excluding hydrogens is 784 g/mol. The lowest BCUT2D eigenvalue weighted by Crippen LogP contribution is -2.54. The molecule has 6 heteroatoms. The van der Waals surface area contributed by atoms with E-state index in [1.54, 1.807) is 0 Å². The summed E-state index contributed by atoms with van der Waals surface area (Å²) in [6, 6.07) is 30.4. The number of halogens is 4. The summed E-state index contributed by atoms with van der Waals surface area (Å²) < 4.78 is 17.5. The predicted molar refractivity (Wildman–Crippen MR) is 183 cm³/mol. The van der Waals surface area contributed by atoms with Crippen molar-refractivity contribution in [3.63, 3.8) is 0 Å². The molecule has 4 bridgehead atoms. The molecule has 4 saturated carbocycles. The molecule has 4 aromatic rings. The summed E-state index contributed by atoms with van der Waals surface area (Å²) in [6.45, 7) is 1.07. The molecule has 4 aromatic carbocycles. The molecule has 4 aliphatic rings. The monoisotopic (exact) mass is 812 g/mol. The van der Waals surface area contributed by atoms with Gasteiger partial charge in [-0.15, -0.1) is 0 Å². The maximum Gasteiger partial charge on any atom is 0.123 e. The van der Waals surface area contributed by atoms with Gasteiger partial charge in [0.25, 0.3) is 0 Å². The standard InChI is InChI=1S/C36H32Br4O2/c37-27-12-24(13-28(38)16-27)20-41-33-7-3-1-5-31(33)35-26-10-22-9-23(11-26)19-36(35,18-22)32-6-2-4-8-34(32)42-21-25-14-29(39)17-30(40)15-25/h1-8,12-17,22-23,26,35H,9-11,18-21H2. The van der Waals surface area contributed by atoms with Gasteiger partial charge in [-0.05, 0) is 115 Å². The van der Waals surface area contributed by atoms with Crippen LogP contribution in [0.1, 0.15) is 60.3 Å². The minimum atomic E-state index is 0.0431. The molecular formula is C36H32Br4O2. The van der Waals surface area contributed by atoms with Crippen LogP contribution in [0.5, 0.6) is 11.5 Å². The van der Waals surface area contributed by atoms with Crippen LogP contribution in [0, 0.1) is 17.8 Å². The first kappa shape index (κ1) is 29.1. The largest absolute Gasteiger partial charge is 0.489 e. The van der Waals surface area contributed by atoms with E-state index in [-0.39, 0.29) is 5.41 Å². The topological polar surface area (TPSA) is 18.5 Å². The molecule has 2 nitrogen and oxygen atoms in total. The third-order valence-corrected chi connectivity index (χ3v) is 11.5. The summed E-state index contributed by atoms with van der Waals surface area (Å²) in [6.07, 6.45) is 6.48. The zero-order chi connectivity index (χ0) is 28.8. The van der Waals surface area contributed by atoms with E-state index in [0.29, 0.717) is 25.0 Å². The van der Waals surface area contributed by atoms with E-state index < -0.39 is 0 Å². The number of hydrogen-bond donors (Lipinski definition) is 0. The average molecular weight is 816 g/mol. The number of hydrogen-bond acceptors (Lipinski definition) is 2. The lowest BCUT2D eigenvalue weighted by molar-refractivity contribution is -0.0300. The number of para-hydroxylation sites is 2. The van der Waals surface area contributed by atoms with Gasteiger partial charge in [-0.3, -0.25) is 0 Å². The third-order valence-electron chi connectivity index (χ3n) is 9.62. The van der Waals surface area contributed by atoms with E-state index in [2.05, 4.69) is 149 Å². The van der Waals surface area contributed by atoms with Gasteiger partial charge in [-0.1, -0.05) is 100 Å². The summed E-state index contributed by atoms with van der Waals surface area (Å²) in [5.41, 5.74) is 5.08. The third kappa shape index (κ3) is 5.78. The van der Waals surface area contributed by atoms with Gasteiger partial charge in [0.15, 0.2) is 0 Å². The molecule has 3 atom stereocenters. The van der Waals surface area contributed by atoms with Crippen LogP contribution in [-0.2, 0) is 18.6 Å². The van der Waals surface area contributed by atoms with Crippen molar-refractivity contribution in [1.29, 1.82) is 0 Å². The highest BCUT2D eigenvalue weighted by molar-refractivity contribution is 9.11. The Balaban J connectivity index is 1.25. The van der Waals surface area contributed by atoms with Crippen molar-refractivity contribution < 1.29 is 9.47 Å². The fourth-order valence-corrected chi connectivity index (χ4v) is 11.3. The molecule has 4 fully saturated rings. The summed E-state index contributed by atoms with van der Waals surface area (Å²) in [5.74, 6) is 4.69. The van der Waals surface area contributed by atoms with Crippen molar-refractivity contribution in [1.82, 2.24) is 0 Å². The van der Waals surface area contributed by atoms with Crippen molar-refractivity contribution in [3.05, 3.63) is 125 Å². The first-order valence-electron chi connectivity index (χ1n) is 14.7. The first-order valence-corrected chi connectivity index (χ1v) is 17.9. The van der Waals surface area contributed by atoms with Gasteiger partial charge in [-0.25, -0.2) is 0 Å². The van der Waals surface area contributed by atoms with Crippen LogP contribution in [0.3, 0.4) is 0 Å². The lowest BCUT2D eigenvalue weighted by Gasteiger charge is -2.62. The second kappa shape index (κ2) is 12.1. The van der Waals surface area contributed by atoms with Crippen LogP contribution in [0.4, 0.5) is 0 Å². The van der Waals surface area contributed by atoms with Gasteiger partial charge in [0.05, 0.1) is 0 Å². The molecule has 216 valence electrons. The van der Waals surface area contributed by atoms with Gasteiger partial charge in [-0.2, -0.15) is 0 Å². The molecule has 42 heavy (non-hydrogen) atoms. The van der Waals surface area contributed by atoms with Gasteiger partial charge >= 0.3 is 0 Å². The number of rotatable bonds is 8. The zero-order valence-electron chi connectivity index (χ0n) is 23.2. The fraction of sp³-hybridized carbons (Fsp3) is 0.333. The lowest BCUT2D eigenvalue weighted by atomic mass is 9.42. The molecule has 0 aromatic heterocycles. The van der Waals surface area contributed by atoms with E-state index in [9.17, 15) is 0 Å². The number of ether oxygens (including phenoxy) is 2. The van der Waals surface area contributed by atoms with Crippen molar-refractivity contribution >= 4 is 63.7 Å². The van der Waals surface area contributed by atoms with Crippen LogP contribution in [0.2, 0.25) is 0 Å². The molecule has 0 heterocycles. The second-order valence-electron chi connectivity index (χ2n) is 12.4. The average Bonchev–Trinajstić information content (AvgIpc) is 2.94. The Hall–Kier alpha value is -1.60. The minimum absolute atomic E-state index is 0.0431. The normalized spacial score (nSPS) is 25.9. The molecule has 0 saturated heterocycles. The minimum Gasteiger partial charge on any atom is -0.489 e. The van der Waals surface area contributed by atoms with Crippen molar-refractivity contribution in [2.75, 3.05) is 0 Å². The van der Waals surface area contributed by atoms with E-state index in [4.69, 9.17) is 9.47 Å². The summed E-state index contributed by atoms with van der Waals surface area (Å²) in [4.78, 5) is 0. The maximum atomic E-state index is 6.68. The quantitative estimate of drug-likeness (QED) is 0.176. The first-order chi connectivity index (χ1) is 20.4. The Morgan fingerprint density at radius 2 is 1.10 bits per heavy atom. The summed E-state index contributed by atoms with van der Waals surface area (Å²) in [5, 5.41) is 0. The fourth-order valence-electron chi connectivity index (χ4n) is 8.56. The highest BCUT2D eigenvalue weighted by Crippen LogP contribution is 2.68. The van der Waals surface area contributed by atoms with Crippen LogP contribution >= 0.6 is 63.7 Å². The molecule has 0 N–H and O–H groups in total. The van der Waals surface area contributed by atoms with E-state index in [1.165, 1.54) is 43.2 Å². The van der Waals surface area contributed by atoms with Gasteiger partial charge < -0.3 is 9.47 Å². The molecule has 0 spiro atoms. The van der Waals surface area contributed by atoms with Gasteiger partial charge in [0, 0.05) is 34.8 Å². The molecule has 0 amide bonds. The Morgan fingerprint density at radius 1 is 0.595 bits per heavy atom. The SMILES string of the molecule is Brc1cc(Br)cc(COc2ccccc2C2C3CC4CC(C3)CC2(c2ccccc2OCc2cc(Br)cc(Br)c2)C4)c1. The van der Waals surface area contributed by atoms with Crippen LogP contribution in [0.15, 0.2) is 103 Å². The van der Waals surface area contributed by atoms with E-state index >= 15 is 0 Å². The predicted octanol–water partition coefficient (Wildman–Crippen LogP) is 11.8. The highest BCUT2D eigenvalue weighted by atomic mass is 79.9. The van der Waals surface area contributed by atoms with Crippen LogP contribution in [0.25, 0.3) is 0 Å². The summed E-state index contributed by atoms with van der Waals surface area (Å²) in [7, 11) is 0. The highest BCUT2D eigenvalue weighted by Gasteiger charge is 2.59. The Bertz CT molecular complexity index is 1560. The molecule has 0 radical (unpaired) electrons. The van der Waals surface area contributed by atoms with Gasteiger partial charge in [0.1, 0.15) is 24.7 Å². The van der Waals surface area contributed by atoms with E-state index in [0.717, 1.165) is 52.4 Å². The zero-order valence-corrected chi connectivity index (χ0v) is 29.5. The molecule has 3 unspecified atom stereocenters. The van der Waals surface area contributed by atoms with Crippen molar-refractivity contribution in [2.24, 2.45) is 17.8 Å². The van der Waals surface area contributed by atoms with Crippen LogP contribution < -0.4 is 9.47 Å².